The molecule has 0 atom stereocenters. The van der Waals surface area contributed by atoms with Crippen LogP contribution in [0.15, 0.2) is 41.0 Å². The summed E-state index contributed by atoms with van der Waals surface area (Å²) < 4.78 is 10.4. The summed E-state index contributed by atoms with van der Waals surface area (Å²) in [5.74, 6) is 1.09. The third-order valence-corrected chi connectivity index (χ3v) is 2.94. The van der Waals surface area contributed by atoms with Gasteiger partial charge in [-0.05, 0) is 50.1 Å². The number of allylic oxidation sites excluding steroid dienone is 2. The molecule has 0 aromatic heterocycles. The van der Waals surface area contributed by atoms with Crippen molar-refractivity contribution in [3.05, 3.63) is 35.9 Å². The predicted molar refractivity (Wildman–Crippen MR) is 77.1 cm³/mol. The van der Waals surface area contributed by atoms with E-state index in [-0.39, 0.29) is 12.5 Å². The number of hydrazone groups is 1. The SMILES string of the molecule is COc1ccc(OCC(=O)N/N=C2\C=C(C)CC2)cc1. The first-order valence-corrected chi connectivity index (χ1v) is 6.47. The highest BCUT2D eigenvalue weighted by molar-refractivity contribution is 5.98. The molecular weight excluding hydrogens is 256 g/mol. The minimum Gasteiger partial charge on any atom is -0.497 e. The van der Waals surface area contributed by atoms with Gasteiger partial charge in [-0.2, -0.15) is 5.10 Å². The Labute approximate surface area is 118 Å². The summed E-state index contributed by atoms with van der Waals surface area (Å²) in [5.41, 5.74) is 4.68. The topological polar surface area (TPSA) is 59.9 Å². The van der Waals surface area contributed by atoms with Gasteiger partial charge in [-0.1, -0.05) is 5.57 Å². The van der Waals surface area contributed by atoms with Crippen LogP contribution in [0.2, 0.25) is 0 Å². The Morgan fingerprint density at radius 3 is 2.55 bits per heavy atom. The summed E-state index contributed by atoms with van der Waals surface area (Å²) in [6.07, 6.45) is 3.88. The Hall–Kier alpha value is -2.30. The summed E-state index contributed by atoms with van der Waals surface area (Å²) in [6, 6.07) is 7.06. The van der Waals surface area contributed by atoms with Crippen molar-refractivity contribution in [3.8, 4) is 11.5 Å². The predicted octanol–water partition coefficient (Wildman–Crippen LogP) is 2.29. The lowest BCUT2D eigenvalue weighted by Crippen LogP contribution is -2.25. The van der Waals surface area contributed by atoms with Gasteiger partial charge in [0, 0.05) is 0 Å². The number of amides is 1. The summed E-state index contributed by atoms with van der Waals surface area (Å²) >= 11 is 0. The molecule has 0 aliphatic heterocycles. The van der Waals surface area contributed by atoms with Gasteiger partial charge in [0.25, 0.3) is 5.91 Å². The number of methoxy groups -OCH3 is 1. The fourth-order valence-electron chi connectivity index (χ4n) is 1.83. The number of nitrogens with zero attached hydrogens (tertiary/aromatic N) is 1. The fraction of sp³-hybridized carbons (Fsp3) is 0.333. The molecule has 1 amide bonds. The zero-order valence-corrected chi connectivity index (χ0v) is 11.7. The van der Waals surface area contributed by atoms with Crippen molar-refractivity contribution in [2.24, 2.45) is 5.10 Å². The fourth-order valence-corrected chi connectivity index (χ4v) is 1.83. The van der Waals surface area contributed by atoms with Crippen LogP contribution in [0.4, 0.5) is 0 Å². The van der Waals surface area contributed by atoms with E-state index in [0.29, 0.717) is 5.75 Å². The first kappa shape index (κ1) is 14.1. The molecule has 5 nitrogen and oxygen atoms in total. The molecule has 5 heteroatoms. The zero-order valence-electron chi connectivity index (χ0n) is 11.7. The lowest BCUT2D eigenvalue weighted by molar-refractivity contribution is -0.123. The molecular formula is C15H18N2O3. The standard InChI is InChI=1S/C15H18N2O3/c1-11-3-4-12(9-11)16-17-15(18)10-20-14-7-5-13(19-2)6-8-14/h5-9H,3-4,10H2,1-2H3,(H,17,18)/b16-12-. The van der Waals surface area contributed by atoms with Crippen LogP contribution >= 0.6 is 0 Å². The maximum Gasteiger partial charge on any atom is 0.277 e. The van der Waals surface area contributed by atoms with Crippen LogP contribution in [0.3, 0.4) is 0 Å². The second-order valence-electron chi connectivity index (χ2n) is 4.59. The van der Waals surface area contributed by atoms with E-state index in [4.69, 9.17) is 9.47 Å². The van der Waals surface area contributed by atoms with E-state index < -0.39 is 0 Å². The molecule has 1 aromatic rings. The Balaban J connectivity index is 1.77. The maximum absolute atomic E-state index is 11.6. The van der Waals surface area contributed by atoms with Crippen LogP contribution < -0.4 is 14.9 Å². The number of hydrogen-bond donors (Lipinski definition) is 1. The van der Waals surface area contributed by atoms with Crippen LogP contribution in [0.25, 0.3) is 0 Å². The van der Waals surface area contributed by atoms with E-state index in [1.54, 1.807) is 31.4 Å². The molecule has 2 rings (SSSR count). The Morgan fingerprint density at radius 1 is 1.25 bits per heavy atom. The van der Waals surface area contributed by atoms with Gasteiger partial charge in [0.05, 0.1) is 12.8 Å². The highest BCUT2D eigenvalue weighted by atomic mass is 16.5. The molecule has 1 aliphatic rings. The van der Waals surface area contributed by atoms with Gasteiger partial charge in [0.1, 0.15) is 11.5 Å². The van der Waals surface area contributed by atoms with Crippen LogP contribution in [0.1, 0.15) is 19.8 Å². The monoisotopic (exact) mass is 274 g/mol. The smallest absolute Gasteiger partial charge is 0.277 e. The molecule has 1 aromatic carbocycles. The Bertz CT molecular complexity index is 533. The quantitative estimate of drug-likeness (QED) is 0.838. The van der Waals surface area contributed by atoms with Crippen LogP contribution in [-0.2, 0) is 4.79 Å². The molecule has 0 fully saturated rings. The highest BCUT2D eigenvalue weighted by Gasteiger charge is 2.07. The van der Waals surface area contributed by atoms with Gasteiger partial charge in [0.2, 0.25) is 0 Å². The molecule has 0 saturated heterocycles. The summed E-state index contributed by atoms with van der Waals surface area (Å²) in [6.45, 7) is 1.99. The largest absolute Gasteiger partial charge is 0.497 e. The van der Waals surface area contributed by atoms with Crippen LogP contribution in [-0.4, -0.2) is 25.3 Å². The van der Waals surface area contributed by atoms with Gasteiger partial charge in [0.15, 0.2) is 6.61 Å². The van der Waals surface area contributed by atoms with E-state index in [0.717, 1.165) is 24.3 Å². The van der Waals surface area contributed by atoms with Gasteiger partial charge < -0.3 is 9.47 Å². The van der Waals surface area contributed by atoms with Gasteiger partial charge >= 0.3 is 0 Å². The van der Waals surface area contributed by atoms with Crippen molar-refractivity contribution in [3.63, 3.8) is 0 Å². The first-order chi connectivity index (χ1) is 9.67. The minimum atomic E-state index is -0.272. The summed E-state index contributed by atoms with van der Waals surface area (Å²) in [5, 5.41) is 4.05. The normalized spacial score (nSPS) is 15.9. The average molecular weight is 274 g/mol. The average Bonchev–Trinajstić information content (AvgIpc) is 2.89. The number of nitrogens with one attached hydrogen (secondary N) is 1. The van der Waals surface area contributed by atoms with Crippen LogP contribution in [0, 0.1) is 0 Å². The number of benzene rings is 1. The second-order valence-corrected chi connectivity index (χ2v) is 4.59. The van der Waals surface area contributed by atoms with E-state index in [1.165, 1.54) is 5.57 Å². The molecule has 0 saturated carbocycles. The van der Waals surface area contributed by atoms with Crippen molar-refractivity contribution in [1.82, 2.24) is 5.43 Å². The number of carbonyl (C=O) groups is 1. The molecule has 0 radical (unpaired) electrons. The van der Waals surface area contributed by atoms with E-state index in [2.05, 4.69) is 17.5 Å². The Morgan fingerprint density at radius 2 is 1.95 bits per heavy atom. The van der Waals surface area contributed by atoms with E-state index in [9.17, 15) is 4.79 Å². The number of rotatable bonds is 5. The van der Waals surface area contributed by atoms with Gasteiger partial charge in [-0.3, -0.25) is 4.79 Å². The van der Waals surface area contributed by atoms with Crippen molar-refractivity contribution in [2.45, 2.75) is 19.8 Å². The zero-order chi connectivity index (χ0) is 14.4. The van der Waals surface area contributed by atoms with Crippen molar-refractivity contribution >= 4 is 11.6 Å². The van der Waals surface area contributed by atoms with Gasteiger partial charge in [-0.15, -0.1) is 0 Å². The third kappa shape index (κ3) is 4.12. The minimum absolute atomic E-state index is 0.0637. The van der Waals surface area contributed by atoms with Crippen molar-refractivity contribution in [1.29, 1.82) is 0 Å². The molecule has 0 spiro atoms. The molecule has 0 heterocycles. The number of carbonyl (C=O) groups excluding carboxylic acids is 1. The van der Waals surface area contributed by atoms with Crippen molar-refractivity contribution in [2.75, 3.05) is 13.7 Å². The molecule has 0 unspecified atom stereocenters. The summed E-state index contributed by atoms with van der Waals surface area (Å²) in [4.78, 5) is 11.6. The van der Waals surface area contributed by atoms with E-state index in [1.807, 2.05) is 6.08 Å². The van der Waals surface area contributed by atoms with Crippen LogP contribution in [0.5, 0.6) is 11.5 Å². The summed E-state index contributed by atoms with van der Waals surface area (Å²) in [7, 11) is 1.60. The Kier molecular flexibility index (Phi) is 4.76. The van der Waals surface area contributed by atoms with Crippen molar-refractivity contribution < 1.29 is 14.3 Å². The molecule has 1 N–H and O–H groups in total. The number of ether oxygens (including phenoxy) is 2. The third-order valence-electron chi connectivity index (χ3n) is 2.94. The number of hydrogen-bond acceptors (Lipinski definition) is 4. The van der Waals surface area contributed by atoms with Gasteiger partial charge in [-0.25, -0.2) is 5.43 Å². The molecule has 1 aliphatic carbocycles. The molecule has 0 bridgehead atoms. The lowest BCUT2D eigenvalue weighted by atomic mass is 10.3. The second kappa shape index (κ2) is 6.75. The van der Waals surface area contributed by atoms with E-state index >= 15 is 0 Å². The lowest BCUT2D eigenvalue weighted by Gasteiger charge is -2.06. The first-order valence-electron chi connectivity index (χ1n) is 6.47. The molecule has 20 heavy (non-hydrogen) atoms. The maximum atomic E-state index is 11.6. The highest BCUT2D eigenvalue weighted by Crippen LogP contribution is 2.17. The molecule has 106 valence electrons.